The van der Waals surface area contributed by atoms with E-state index in [1.54, 1.807) is 85.8 Å². The first-order chi connectivity index (χ1) is 41.8. The van der Waals surface area contributed by atoms with E-state index in [1.165, 1.54) is 50.6 Å². The number of aryl methyl sites for hydroxylation is 1. The van der Waals surface area contributed by atoms with Crippen LogP contribution in [0.25, 0.3) is 0 Å². The van der Waals surface area contributed by atoms with E-state index in [0.29, 0.717) is 31.2 Å². The Hall–Kier alpha value is -7.87. The molecule has 0 radical (unpaired) electrons. The van der Waals surface area contributed by atoms with Crippen LogP contribution < -0.4 is 21.9 Å². The van der Waals surface area contributed by atoms with Gasteiger partial charge in [0.2, 0.25) is 0 Å². The van der Waals surface area contributed by atoms with Crippen LogP contribution in [0.5, 0.6) is 0 Å². The van der Waals surface area contributed by atoms with Crippen molar-refractivity contribution in [2.45, 2.75) is 172 Å². The van der Waals surface area contributed by atoms with Crippen LogP contribution in [0.2, 0.25) is 0 Å². The zero-order chi connectivity index (χ0) is 63.6. The third-order valence-corrected chi connectivity index (χ3v) is 18.3. The number of hydrogen-bond acceptors (Lipinski definition) is 20. The molecule has 9 rings (SSSR count). The highest BCUT2D eigenvalue weighted by Gasteiger charge is 2.79. The number of esters is 4. The fourth-order valence-corrected chi connectivity index (χ4v) is 13.7. The fraction of sp³-hybridized carbons (Fsp3) is 0.516. The molecule has 4 aromatic rings. The lowest BCUT2D eigenvalue weighted by molar-refractivity contribution is -0.345. The van der Waals surface area contributed by atoms with E-state index in [0.717, 1.165) is 18.4 Å². The standard InChI is InChI=1S/C64H76N4O20/c1-35-32-68(47-29-42(72)44(33-69)84-47)60(80)67(56(35)76)28-20-9-8-19-27-65-59(79)86-45-30-46-63(34-82-46,88-38(4)71)52-54(87-57(77)41-25-17-12-18-26-41)64(81)31-43(36(2)48(61(64,5)6)51(83-37(3)70)53(74)62(45,52)7)85-58(78)50(73)49(39-21-13-10-14-22-39)66-55(75)40-23-15-11-16-24-40/h10-18,21-26,32,42-47,49-52,54,69,72-73,81H,8-9,19-20,27-31,33-34H2,1-7H3,(H,65,79)(H,66,75)/t42-,43-,44+,45-,46+,47+,49-,50+,51+,52-,54-,62?,63-,64+/m0/s1. The van der Waals surface area contributed by atoms with Crippen molar-refractivity contribution in [2.75, 3.05) is 19.8 Å². The molecule has 24 nitrogen and oxygen atoms in total. The number of ketones is 1. The number of fused-ring (bicyclic) bond motifs is 5. The summed E-state index contributed by atoms with van der Waals surface area (Å²) in [7, 11) is 0. The summed E-state index contributed by atoms with van der Waals surface area (Å²) in [5, 5.41) is 51.5. The largest absolute Gasteiger partial charge is 0.456 e. The van der Waals surface area contributed by atoms with E-state index < -0.39 is 162 Å². The van der Waals surface area contributed by atoms with Crippen molar-refractivity contribution >= 4 is 41.7 Å². The number of unbranched alkanes of at least 4 members (excludes halogenated alkanes) is 3. The van der Waals surface area contributed by atoms with Crippen molar-refractivity contribution in [2.24, 2.45) is 16.7 Å². The van der Waals surface area contributed by atoms with E-state index in [1.807, 2.05) is 0 Å². The Morgan fingerprint density at radius 1 is 0.795 bits per heavy atom. The van der Waals surface area contributed by atoms with Gasteiger partial charge in [-0.3, -0.25) is 33.1 Å². The number of carbonyl (C=O) groups excluding carboxylic acids is 7. The molecule has 3 heterocycles. The molecule has 5 aliphatic rings. The van der Waals surface area contributed by atoms with Crippen LogP contribution in [0.3, 0.4) is 0 Å². The van der Waals surface area contributed by atoms with Gasteiger partial charge in [-0.1, -0.05) is 93.4 Å². The van der Waals surface area contributed by atoms with Gasteiger partial charge in [-0.2, -0.15) is 0 Å². The molecule has 4 fully saturated rings. The molecule has 2 aliphatic heterocycles. The van der Waals surface area contributed by atoms with E-state index in [9.17, 15) is 58.8 Å². The Bertz CT molecular complexity index is 3440. The third-order valence-electron chi connectivity index (χ3n) is 18.3. The number of ether oxygens (including phenoxy) is 7. The fourth-order valence-electron chi connectivity index (χ4n) is 13.7. The second kappa shape index (κ2) is 26.1. The normalized spacial score (nSPS) is 29.3. The topological polar surface area (TPSA) is 333 Å². The lowest BCUT2D eigenvalue weighted by atomic mass is 9.44. The van der Waals surface area contributed by atoms with Crippen LogP contribution in [-0.2, 0) is 58.9 Å². The van der Waals surface area contributed by atoms with Crippen LogP contribution in [0.1, 0.15) is 131 Å². The minimum atomic E-state index is -2.54. The van der Waals surface area contributed by atoms with Gasteiger partial charge >= 0.3 is 35.7 Å². The highest BCUT2D eigenvalue weighted by atomic mass is 16.6. The third kappa shape index (κ3) is 12.2. The predicted molar refractivity (Wildman–Crippen MR) is 310 cm³/mol. The monoisotopic (exact) mass is 1220 g/mol. The van der Waals surface area contributed by atoms with Crippen LogP contribution in [0.15, 0.2) is 118 Å². The number of Topliss-reactive ketones (excluding diaryl/α,β-unsaturated/α-hetero) is 1. The van der Waals surface area contributed by atoms with Crippen molar-refractivity contribution in [1.82, 2.24) is 19.8 Å². The Kier molecular flexibility index (Phi) is 19.1. The highest BCUT2D eigenvalue weighted by molar-refractivity contribution is 5.96. The van der Waals surface area contributed by atoms with Crippen LogP contribution in [0, 0.1) is 23.7 Å². The summed E-state index contributed by atoms with van der Waals surface area (Å²) in [5.74, 6) is -7.40. The van der Waals surface area contributed by atoms with Gasteiger partial charge in [0.25, 0.3) is 11.5 Å². The number of rotatable bonds is 20. The number of aliphatic hydroxyl groups excluding tert-OH is 3. The Labute approximate surface area is 507 Å². The number of alkyl carbamates (subject to hydrolysis) is 1. The van der Waals surface area contributed by atoms with Crippen molar-refractivity contribution in [3.05, 3.63) is 151 Å². The maximum Gasteiger partial charge on any atom is 0.407 e. The SMILES string of the molecule is CC(=O)O[C@H]1C(=O)C2(C)[C@@H](OC(=O)NCCCCCCn3c(=O)c(C)cn([C@H]4C[C@H](O)[C@@H](CO)O4)c3=O)C[C@H]3OC[C@@]3(OC(C)=O)[C@H]2[C@H](OC(=O)c2ccccc2)[C@]2(O)C[C@H](OC(=O)[C@H](O)[C@@H](NC(=O)c3ccccc3)c3ccccc3)C(C)=C1C2(C)C. The van der Waals surface area contributed by atoms with Gasteiger partial charge < -0.3 is 64.2 Å². The molecule has 88 heavy (non-hydrogen) atoms. The number of amides is 2. The van der Waals surface area contributed by atoms with Crippen LogP contribution >= 0.6 is 0 Å². The smallest absolute Gasteiger partial charge is 0.407 e. The van der Waals surface area contributed by atoms with E-state index in [4.69, 9.17) is 33.2 Å². The highest BCUT2D eigenvalue weighted by Crippen LogP contribution is 2.65. The molecule has 3 aliphatic carbocycles. The van der Waals surface area contributed by atoms with Crippen molar-refractivity contribution in [3.8, 4) is 0 Å². The van der Waals surface area contributed by atoms with Gasteiger partial charge in [-0.25, -0.2) is 19.2 Å². The second-order valence-corrected chi connectivity index (χ2v) is 24.1. The van der Waals surface area contributed by atoms with Crippen LogP contribution in [0.4, 0.5) is 4.79 Å². The van der Waals surface area contributed by atoms with Gasteiger partial charge in [0.05, 0.1) is 42.3 Å². The van der Waals surface area contributed by atoms with E-state index in [-0.39, 0.29) is 53.8 Å². The zero-order valence-corrected chi connectivity index (χ0v) is 50.1. The van der Waals surface area contributed by atoms with Crippen molar-refractivity contribution in [1.29, 1.82) is 0 Å². The average Bonchev–Trinajstić information content (AvgIpc) is 0.708. The molecule has 472 valence electrons. The molecule has 3 aromatic carbocycles. The number of benzene rings is 3. The lowest BCUT2D eigenvalue weighted by Gasteiger charge is -2.67. The van der Waals surface area contributed by atoms with Crippen molar-refractivity contribution < 1.29 is 87.1 Å². The van der Waals surface area contributed by atoms with Crippen LogP contribution in [-0.4, -0.2) is 151 Å². The number of aromatic nitrogens is 2. The van der Waals surface area contributed by atoms with Gasteiger partial charge in [0.1, 0.15) is 42.3 Å². The Morgan fingerprint density at radius 3 is 2.03 bits per heavy atom. The second-order valence-electron chi connectivity index (χ2n) is 24.1. The Morgan fingerprint density at radius 2 is 1.43 bits per heavy atom. The first kappa shape index (κ1) is 64.6. The summed E-state index contributed by atoms with van der Waals surface area (Å²) >= 11 is 0. The quantitative estimate of drug-likeness (QED) is 0.0315. The number of nitrogens with zero attached hydrogens (tertiary/aromatic N) is 2. The summed E-state index contributed by atoms with van der Waals surface area (Å²) < 4.78 is 45.5. The first-order valence-corrected chi connectivity index (χ1v) is 29.5. The molecule has 14 atom stereocenters. The molecule has 2 saturated carbocycles. The van der Waals surface area contributed by atoms with Gasteiger partial charge in [0.15, 0.2) is 23.6 Å². The summed E-state index contributed by atoms with van der Waals surface area (Å²) in [4.78, 5) is 127. The molecule has 2 amide bonds. The minimum absolute atomic E-state index is 0.00183. The number of hydrogen-bond donors (Lipinski definition) is 6. The number of carbonyl (C=O) groups is 7. The molecule has 24 heteroatoms. The molecule has 0 spiro atoms. The van der Waals surface area contributed by atoms with Gasteiger partial charge in [-0.05, 0) is 74.6 Å². The summed E-state index contributed by atoms with van der Waals surface area (Å²) in [6.45, 7) is 8.91. The number of nitrogens with one attached hydrogen (secondary N) is 2. The molecular formula is C64H76N4O20. The van der Waals surface area contributed by atoms with Gasteiger partial charge in [0, 0.05) is 68.9 Å². The molecule has 6 N–H and O–H groups in total. The summed E-state index contributed by atoms with van der Waals surface area (Å²) in [6, 6.07) is 22.5. The Balaban J connectivity index is 1.03. The lowest BCUT2D eigenvalue weighted by Crippen LogP contribution is -2.82. The summed E-state index contributed by atoms with van der Waals surface area (Å²) in [6.07, 6.45) is -11.9. The molecule has 2 bridgehead atoms. The maximum absolute atomic E-state index is 16.4. The molecular weight excluding hydrogens is 1140 g/mol. The predicted octanol–water partition coefficient (Wildman–Crippen LogP) is 4.00. The molecule has 1 aromatic heterocycles. The minimum Gasteiger partial charge on any atom is -0.456 e. The summed E-state index contributed by atoms with van der Waals surface area (Å²) in [5.41, 5.74) is -8.77. The molecule has 2 saturated heterocycles. The van der Waals surface area contributed by atoms with E-state index in [2.05, 4.69) is 10.6 Å². The van der Waals surface area contributed by atoms with E-state index >= 15 is 4.79 Å². The average molecular weight is 1220 g/mol. The maximum atomic E-state index is 16.4. The zero-order valence-electron chi connectivity index (χ0n) is 50.1. The van der Waals surface area contributed by atoms with Gasteiger partial charge in [-0.15, -0.1) is 0 Å². The van der Waals surface area contributed by atoms with Crippen molar-refractivity contribution in [3.63, 3.8) is 0 Å². The number of aliphatic hydroxyl groups is 4. The first-order valence-electron chi connectivity index (χ1n) is 29.5. The molecule has 1 unspecified atom stereocenters.